The van der Waals surface area contributed by atoms with E-state index in [-0.39, 0.29) is 17.7 Å². The van der Waals surface area contributed by atoms with E-state index >= 15 is 0 Å². The Hall–Kier alpha value is -4.01. The van der Waals surface area contributed by atoms with Crippen LogP contribution in [0.1, 0.15) is 37.4 Å². The highest BCUT2D eigenvalue weighted by molar-refractivity contribution is 6.10. The lowest BCUT2D eigenvalue weighted by Crippen LogP contribution is -2.16. The minimum absolute atomic E-state index is 0.0382. The number of benzene rings is 3. The number of aromatic carboxylic acids is 1. The fourth-order valence-electron chi connectivity index (χ4n) is 3.06. The highest BCUT2D eigenvalue weighted by Crippen LogP contribution is 2.24. The van der Waals surface area contributed by atoms with Gasteiger partial charge in [0.1, 0.15) is 13.4 Å². The summed E-state index contributed by atoms with van der Waals surface area (Å²) in [5.74, 6) is -1.64. The number of amides is 1. The largest absolute Gasteiger partial charge is 0.478 e. The molecule has 0 aliphatic carbocycles. The van der Waals surface area contributed by atoms with Gasteiger partial charge in [0.05, 0.1) is 11.1 Å². The summed E-state index contributed by atoms with van der Waals surface area (Å²) < 4.78 is 0. The molecule has 0 heterocycles. The lowest BCUT2D eigenvalue weighted by molar-refractivity contribution is -0.252. The molecular formula is C24H24N2O6. The third-order valence-corrected chi connectivity index (χ3v) is 4.55. The Morgan fingerprint density at radius 3 is 2.09 bits per heavy atom. The van der Waals surface area contributed by atoms with E-state index in [4.69, 9.17) is 10.1 Å². The van der Waals surface area contributed by atoms with Crippen molar-refractivity contribution >= 4 is 35.7 Å². The molecule has 0 saturated heterocycles. The number of carbonyl (C=O) groups is 3. The Kier molecular flexibility index (Phi) is 8.64. The van der Waals surface area contributed by atoms with Crippen molar-refractivity contribution in [3.8, 4) is 0 Å². The zero-order chi connectivity index (χ0) is 23.7. The summed E-state index contributed by atoms with van der Waals surface area (Å²) in [6, 6.07) is 17.4. The molecule has 4 N–H and O–H groups in total. The van der Waals surface area contributed by atoms with Crippen molar-refractivity contribution in [1.82, 2.24) is 0 Å². The summed E-state index contributed by atoms with van der Waals surface area (Å²) in [5, 5.41) is 24.1. The maximum Gasteiger partial charge on any atom is 0.336 e. The van der Waals surface area contributed by atoms with Crippen molar-refractivity contribution in [2.45, 2.75) is 20.5 Å². The minimum atomic E-state index is -1.15. The van der Waals surface area contributed by atoms with E-state index in [1.54, 1.807) is 37.3 Å². The average molecular weight is 436 g/mol. The summed E-state index contributed by atoms with van der Waals surface area (Å²) in [6.45, 7) is 5.78. The van der Waals surface area contributed by atoms with Crippen LogP contribution in [-0.2, 0) is 16.3 Å². The first-order chi connectivity index (χ1) is 15.4. The van der Waals surface area contributed by atoms with E-state index in [0.29, 0.717) is 5.69 Å². The number of rotatable bonds is 7. The molecule has 0 aliphatic heterocycles. The first-order valence-corrected chi connectivity index (χ1v) is 9.54. The van der Waals surface area contributed by atoms with Gasteiger partial charge >= 0.3 is 5.97 Å². The van der Waals surface area contributed by atoms with Crippen LogP contribution >= 0.6 is 0 Å². The standard InChI is InChI=1S/C23H22N2O5.CH2O/c1-14-4-10-21(16(11-14)13-30-29)24-17-5-7-18(8-6-17)25-22(26)19-9-3-15(2)12-20(19)23(27)28;1-2/h3-12,24,29H,13H2,1-2H3,(H,25,26)(H,27,28);1H2. The van der Waals surface area contributed by atoms with Crippen molar-refractivity contribution in [3.05, 3.63) is 88.5 Å². The van der Waals surface area contributed by atoms with Crippen LogP contribution < -0.4 is 10.6 Å². The molecule has 0 spiro atoms. The van der Waals surface area contributed by atoms with Crippen molar-refractivity contribution in [1.29, 1.82) is 0 Å². The number of carbonyl (C=O) groups excluding carboxylic acids is 2. The molecule has 1 amide bonds. The first-order valence-electron chi connectivity index (χ1n) is 9.54. The van der Waals surface area contributed by atoms with Gasteiger partial charge in [0, 0.05) is 22.6 Å². The maximum atomic E-state index is 12.5. The summed E-state index contributed by atoms with van der Waals surface area (Å²) >= 11 is 0. The van der Waals surface area contributed by atoms with Gasteiger partial charge in [-0.25, -0.2) is 9.68 Å². The van der Waals surface area contributed by atoms with Gasteiger partial charge in [0.15, 0.2) is 0 Å². The fourth-order valence-corrected chi connectivity index (χ4v) is 3.06. The Balaban J connectivity index is 0.00000176. The van der Waals surface area contributed by atoms with Crippen LogP contribution in [0.2, 0.25) is 0 Å². The Labute approximate surface area is 185 Å². The molecule has 0 bridgehead atoms. The van der Waals surface area contributed by atoms with E-state index in [9.17, 15) is 14.7 Å². The first kappa shape index (κ1) is 24.3. The fraction of sp³-hybridized carbons (Fsp3) is 0.125. The molecule has 3 rings (SSSR count). The summed E-state index contributed by atoms with van der Waals surface area (Å²) in [5.41, 5.74) is 4.77. The van der Waals surface area contributed by atoms with E-state index < -0.39 is 11.9 Å². The monoisotopic (exact) mass is 436 g/mol. The summed E-state index contributed by atoms with van der Waals surface area (Å²) in [4.78, 5) is 36.2. The van der Waals surface area contributed by atoms with Crippen LogP contribution in [0.5, 0.6) is 0 Å². The Morgan fingerprint density at radius 1 is 0.875 bits per heavy atom. The molecule has 0 atom stereocenters. The quantitative estimate of drug-likeness (QED) is 0.310. The molecule has 0 fully saturated rings. The minimum Gasteiger partial charge on any atom is -0.478 e. The predicted octanol–water partition coefficient (Wildman–Crippen LogP) is 4.80. The number of carboxylic acid groups (broad SMARTS) is 1. The second-order valence-corrected chi connectivity index (χ2v) is 6.94. The van der Waals surface area contributed by atoms with E-state index in [1.165, 1.54) is 12.1 Å². The smallest absolute Gasteiger partial charge is 0.336 e. The molecule has 0 unspecified atom stereocenters. The second-order valence-electron chi connectivity index (χ2n) is 6.94. The molecule has 0 saturated carbocycles. The van der Waals surface area contributed by atoms with Crippen LogP contribution in [0, 0.1) is 13.8 Å². The zero-order valence-corrected chi connectivity index (χ0v) is 17.7. The highest BCUT2D eigenvalue weighted by Gasteiger charge is 2.16. The predicted molar refractivity (Wildman–Crippen MR) is 122 cm³/mol. The average Bonchev–Trinajstić information content (AvgIpc) is 2.78. The van der Waals surface area contributed by atoms with Crippen LogP contribution in [0.25, 0.3) is 0 Å². The lowest BCUT2D eigenvalue weighted by atomic mass is 10.0. The van der Waals surface area contributed by atoms with Crippen LogP contribution in [0.15, 0.2) is 60.7 Å². The second kappa shape index (κ2) is 11.4. The van der Waals surface area contributed by atoms with Gasteiger partial charge in [-0.15, -0.1) is 0 Å². The third-order valence-electron chi connectivity index (χ3n) is 4.55. The topological polar surface area (TPSA) is 125 Å². The van der Waals surface area contributed by atoms with Crippen molar-refractivity contribution in [3.63, 3.8) is 0 Å². The molecule has 0 aromatic heterocycles. The molecule has 8 nitrogen and oxygen atoms in total. The lowest BCUT2D eigenvalue weighted by Gasteiger charge is -2.13. The van der Waals surface area contributed by atoms with Crippen LogP contribution in [-0.4, -0.2) is 29.0 Å². The van der Waals surface area contributed by atoms with Gasteiger partial charge in [0.25, 0.3) is 5.91 Å². The number of anilines is 3. The van der Waals surface area contributed by atoms with Gasteiger partial charge in [0.2, 0.25) is 0 Å². The van der Waals surface area contributed by atoms with Crippen molar-refractivity contribution in [2.75, 3.05) is 10.6 Å². The molecule has 32 heavy (non-hydrogen) atoms. The molecule has 0 aliphatic rings. The molecule has 3 aromatic carbocycles. The SMILES string of the molecule is C=O.Cc1ccc(Nc2ccc(NC(=O)c3ccc(C)cc3C(=O)O)cc2)c(COO)c1. The van der Waals surface area contributed by atoms with E-state index in [2.05, 4.69) is 15.5 Å². The van der Waals surface area contributed by atoms with E-state index in [1.807, 2.05) is 31.9 Å². The van der Waals surface area contributed by atoms with E-state index in [0.717, 1.165) is 28.1 Å². The highest BCUT2D eigenvalue weighted by atomic mass is 17.1. The van der Waals surface area contributed by atoms with Gasteiger partial charge in [-0.05, 0) is 56.3 Å². The van der Waals surface area contributed by atoms with Crippen LogP contribution in [0.4, 0.5) is 17.1 Å². The Bertz CT molecular complexity index is 1100. The summed E-state index contributed by atoms with van der Waals surface area (Å²) in [7, 11) is 0. The van der Waals surface area contributed by atoms with Gasteiger partial charge in [-0.2, -0.15) is 0 Å². The third kappa shape index (κ3) is 6.24. The van der Waals surface area contributed by atoms with Gasteiger partial charge in [-0.3, -0.25) is 10.1 Å². The van der Waals surface area contributed by atoms with Crippen molar-refractivity contribution < 1.29 is 29.6 Å². The number of hydrogen-bond acceptors (Lipinski definition) is 6. The molecule has 3 aromatic rings. The molecular weight excluding hydrogens is 412 g/mol. The van der Waals surface area contributed by atoms with Crippen LogP contribution in [0.3, 0.4) is 0 Å². The molecule has 166 valence electrons. The molecule has 0 radical (unpaired) electrons. The Morgan fingerprint density at radius 2 is 1.47 bits per heavy atom. The maximum absolute atomic E-state index is 12.5. The normalized spacial score (nSPS) is 9.97. The van der Waals surface area contributed by atoms with Gasteiger partial charge < -0.3 is 20.5 Å². The number of aryl methyl sites for hydroxylation is 2. The molecule has 8 heteroatoms. The number of nitrogens with one attached hydrogen (secondary N) is 2. The zero-order valence-electron chi connectivity index (χ0n) is 17.7. The summed E-state index contributed by atoms with van der Waals surface area (Å²) in [6.07, 6.45) is 0. The van der Waals surface area contributed by atoms with Crippen molar-refractivity contribution in [2.24, 2.45) is 0 Å². The number of hydrogen-bond donors (Lipinski definition) is 4. The number of carboxylic acids is 1. The van der Waals surface area contributed by atoms with Gasteiger partial charge in [-0.1, -0.05) is 29.3 Å².